The van der Waals surface area contributed by atoms with Crippen LogP contribution in [0.3, 0.4) is 0 Å². The molecule has 1 aliphatic rings. The molecule has 0 spiro atoms. The molecule has 8 nitrogen and oxygen atoms in total. The first-order valence-corrected chi connectivity index (χ1v) is 12.6. The summed E-state index contributed by atoms with van der Waals surface area (Å²) in [6.45, 7) is 0.799. The van der Waals surface area contributed by atoms with Crippen LogP contribution < -0.4 is 9.47 Å². The van der Waals surface area contributed by atoms with E-state index in [4.69, 9.17) is 9.47 Å². The van der Waals surface area contributed by atoms with Crippen LogP contribution in [0.1, 0.15) is 42.9 Å². The number of aliphatic carboxylic acids is 1. The molecule has 3 aromatic rings. The Kier molecular flexibility index (Phi) is 8.94. The van der Waals surface area contributed by atoms with Crippen LogP contribution in [0.4, 0.5) is 13.2 Å². The molecule has 1 aromatic heterocycles. The normalized spacial score (nSPS) is 16.3. The number of carboxylic acid groups (broad SMARTS) is 1. The van der Waals surface area contributed by atoms with Crippen LogP contribution in [0.25, 0.3) is 10.9 Å². The SMILES string of the molecule is COc1ccc2ncc(CO)c([C@@H](O)CCC3(C(=O)O)CCN(CCOc4cc(F)cc(F)c4F)CC3)c2c1. The van der Waals surface area contributed by atoms with Crippen molar-refractivity contribution < 1.29 is 42.8 Å². The summed E-state index contributed by atoms with van der Waals surface area (Å²) < 4.78 is 51.0. The number of hydrogen-bond donors (Lipinski definition) is 3. The van der Waals surface area contributed by atoms with Crippen molar-refractivity contribution >= 4 is 16.9 Å². The Labute approximate surface area is 223 Å². The summed E-state index contributed by atoms with van der Waals surface area (Å²) >= 11 is 0. The highest BCUT2D eigenvalue weighted by Crippen LogP contribution is 2.40. The number of hydrogen-bond acceptors (Lipinski definition) is 7. The highest BCUT2D eigenvalue weighted by molar-refractivity contribution is 5.85. The van der Waals surface area contributed by atoms with Gasteiger partial charge in [0.05, 0.1) is 30.8 Å². The molecule has 0 aliphatic carbocycles. The first-order chi connectivity index (χ1) is 18.7. The Morgan fingerprint density at radius 3 is 2.59 bits per heavy atom. The maximum absolute atomic E-state index is 13.8. The second kappa shape index (κ2) is 12.2. The van der Waals surface area contributed by atoms with E-state index < -0.39 is 40.7 Å². The topological polar surface area (TPSA) is 112 Å². The number of likely N-dealkylation sites (tertiary alicyclic amines) is 1. The van der Waals surface area contributed by atoms with Crippen molar-refractivity contribution in [1.29, 1.82) is 0 Å². The third-order valence-corrected chi connectivity index (χ3v) is 7.49. The molecule has 1 fully saturated rings. The highest BCUT2D eigenvalue weighted by Gasteiger charge is 2.41. The molecule has 0 radical (unpaired) electrons. The van der Waals surface area contributed by atoms with Gasteiger partial charge in [-0.25, -0.2) is 8.78 Å². The fourth-order valence-corrected chi connectivity index (χ4v) is 5.13. The van der Waals surface area contributed by atoms with E-state index in [1.54, 1.807) is 18.2 Å². The number of carboxylic acids is 1. The number of piperidine rings is 1. The lowest BCUT2D eigenvalue weighted by Crippen LogP contribution is -2.45. The summed E-state index contributed by atoms with van der Waals surface area (Å²) in [7, 11) is 1.52. The van der Waals surface area contributed by atoms with Crippen LogP contribution in [0, 0.1) is 22.9 Å². The summed E-state index contributed by atoms with van der Waals surface area (Å²) in [5.41, 5.74) is 0.511. The third-order valence-electron chi connectivity index (χ3n) is 7.49. The number of carbonyl (C=O) groups is 1. The third kappa shape index (κ3) is 6.26. The molecule has 1 aliphatic heterocycles. The first kappa shape index (κ1) is 28.6. The van der Waals surface area contributed by atoms with Crippen LogP contribution >= 0.6 is 0 Å². The van der Waals surface area contributed by atoms with Gasteiger partial charge in [-0.05, 0) is 62.5 Å². The Bertz CT molecular complexity index is 1330. The lowest BCUT2D eigenvalue weighted by molar-refractivity contribution is -0.153. The zero-order chi connectivity index (χ0) is 28.2. The zero-order valence-corrected chi connectivity index (χ0v) is 21.5. The molecular formula is C28H31F3N2O6. The molecule has 3 N–H and O–H groups in total. The highest BCUT2D eigenvalue weighted by atomic mass is 19.2. The van der Waals surface area contributed by atoms with Crippen molar-refractivity contribution in [3.63, 3.8) is 0 Å². The van der Waals surface area contributed by atoms with E-state index in [-0.39, 0.29) is 26.1 Å². The molecular weight excluding hydrogens is 517 g/mol. The number of nitrogens with zero attached hydrogens (tertiary/aromatic N) is 2. The first-order valence-electron chi connectivity index (χ1n) is 12.6. The van der Waals surface area contributed by atoms with Crippen LogP contribution in [0.15, 0.2) is 36.5 Å². The molecule has 0 amide bonds. The molecule has 4 rings (SSSR count). The van der Waals surface area contributed by atoms with Crippen molar-refractivity contribution in [3.05, 3.63) is 65.1 Å². The minimum absolute atomic E-state index is 0.0267. The van der Waals surface area contributed by atoms with E-state index in [0.717, 1.165) is 6.07 Å². The average molecular weight is 549 g/mol. The smallest absolute Gasteiger partial charge is 0.309 e. The van der Waals surface area contributed by atoms with E-state index in [2.05, 4.69) is 4.98 Å². The molecule has 11 heteroatoms. The lowest BCUT2D eigenvalue weighted by atomic mass is 9.74. The van der Waals surface area contributed by atoms with Crippen LogP contribution in [0.5, 0.6) is 11.5 Å². The number of ether oxygens (including phenoxy) is 2. The van der Waals surface area contributed by atoms with Gasteiger partial charge in [0.2, 0.25) is 5.82 Å². The zero-order valence-electron chi connectivity index (χ0n) is 21.5. The molecule has 39 heavy (non-hydrogen) atoms. The average Bonchev–Trinajstić information content (AvgIpc) is 2.93. The van der Waals surface area contributed by atoms with E-state index in [1.165, 1.54) is 13.3 Å². The van der Waals surface area contributed by atoms with Crippen LogP contribution in [0.2, 0.25) is 0 Å². The van der Waals surface area contributed by atoms with Crippen LogP contribution in [-0.2, 0) is 11.4 Å². The minimum atomic E-state index is -1.33. The van der Waals surface area contributed by atoms with Gasteiger partial charge in [-0.3, -0.25) is 14.7 Å². The van der Waals surface area contributed by atoms with Crippen LogP contribution in [-0.4, -0.2) is 64.5 Å². The number of methoxy groups -OCH3 is 1. The molecule has 2 heterocycles. The summed E-state index contributed by atoms with van der Waals surface area (Å²) in [5, 5.41) is 31.8. The Morgan fingerprint density at radius 1 is 1.18 bits per heavy atom. The Balaban J connectivity index is 1.39. The van der Waals surface area contributed by atoms with Crippen molar-refractivity contribution in [2.45, 2.75) is 38.4 Å². The predicted octanol–water partition coefficient (Wildman–Crippen LogP) is 4.21. The lowest BCUT2D eigenvalue weighted by Gasteiger charge is -2.39. The molecule has 1 saturated heterocycles. The van der Waals surface area contributed by atoms with Gasteiger partial charge in [-0.2, -0.15) is 4.39 Å². The van der Waals surface area contributed by atoms with Crippen molar-refractivity contribution in [2.75, 3.05) is 33.4 Å². The summed E-state index contributed by atoms with van der Waals surface area (Å²) in [5.74, 6) is -4.44. The van der Waals surface area contributed by atoms with Gasteiger partial charge in [-0.15, -0.1) is 0 Å². The number of halogens is 3. The van der Waals surface area contributed by atoms with Crippen molar-refractivity contribution in [2.24, 2.45) is 5.41 Å². The minimum Gasteiger partial charge on any atom is -0.497 e. The van der Waals surface area contributed by atoms with Gasteiger partial charge < -0.3 is 24.8 Å². The quantitative estimate of drug-likeness (QED) is 0.306. The number of pyridine rings is 1. The maximum atomic E-state index is 13.8. The van der Waals surface area contributed by atoms with Gasteiger partial charge in [0.1, 0.15) is 18.2 Å². The standard InChI is InChI=1S/C28H31F3N2O6/c1-38-19-2-3-22-20(14-19)25(17(16-34)15-32-22)23(35)4-5-28(27(36)37)6-8-33(9-7-28)10-11-39-24-13-18(29)12-21(30)26(24)31/h2-3,12-15,23,34-35H,4-11,16H2,1H3,(H,36,37)/t23-/m0/s1. The molecule has 0 saturated carbocycles. The number of fused-ring (bicyclic) bond motifs is 1. The van der Waals surface area contributed by atoms with Crippen molar-refractivity contribution in [3.8, 4) is 11.5 Å². The van der Waals surface area contributed by atoms with Gasteiger partial charge in [0.25, 0.3) is 0 Å². The number of aromatic nitrogens is 1. The Morgan fingerprint density at radius 2 is 1.92 bits per heavy atom. The van der Waals surface area contributed by atoms with E-state index in [0.29, 0.717) is 66.3 Å². The second-order valence-electron chi connectivity index (χ2n) is 9.77. The van der Waals surface area contributed by atoms with Gasteiger partial charge in [0, 0.05) is 35.8 Å². The number of benzene rings is 2. The summed E-state index contributed by atoms with van der Waals surface area (Å²) in [6, 6.07) is 6.45. The largest absolute Gasteiger partial charge is 0.497 e. The van der Waals surface area contributed by atoms with Crippen molar-refractivity contribution in [1.82, 2.24) is 9.88 Å². The van der Waals surface area contributed by atoms with E-state index >= 15 is 0 Å². The summed E-state index contributed by atoms with van der Waals surface area (Å²) in [6.07, 6.45) is 1.47. The molecule has 2 aromatic carbocycles. The predicted molar refractivity (Wildman–Crippen MR) is 136 cm³/mol. The van der Waals surface area contributed by atoms with E-state index in [9.17, 15) is 33.3 Å². The maximum Gasteiger partial charge on any atom is 0.309 e. The monoisotopic (exact) mass is 548 g/mol. The molecule has 0 unspecified atom stereocenters. The summed E-state index contributed by atoms with van der Waals surface area (Å²) in [4.78, 5) is 18.6. The Hall–Kier alpha value is -3.41. The number of rotatable bonds is 11. The second-order valence-corrected chi connectivity index (χ2v) is 9.77. The van der Waals surface area contributed by atoms with Gasteiger partial charge in [0.15, 0.2) is 11.6 Å². The number of aliphatic hydroxyl groups is 2. The van der Waals surface area contributed by atoms with Gasteiger partial charge >= 0.3 is 5.97 Å². The molecule has 0 bridgehead atoms. The number of aliphatic hydroxyl groups excluding tert-OH is 2. The molecule has 210 valence electrons. The fraction of sp³-hybridized carbons (Fsp3) is 0.429. The fourth-order valence-electron chi connectivity index (χ4n) is 5.13. The van der Waals surface area contributed by atoms with E-state index in [1.807, 2.05) is 4.90 Å². The van der Waals surface area contributed by atoms with Gasteiger partial charge in [-0.1, -0.05) is 0 Å². The molecule has 1 atom stereocenters.